The van der Waals surface area contributed by atoms with Crippen LogP contribution in [0, 0.1) is 5.92 Å². The van der Waals surface area contributed by atoms with E-state index in [0.717, 1.165) is 0 Å². The van der Waals surface area contributed by atoms with E-state index in [1.165, 1.54) is 0 Å². The standard InChI is InChI=1S/C18H21ClN4O4S/c1-2-27-15-9-7-14(8-10-15)23-28(25,26)18-16(11-20-22-18)17(24)21-13-5-3-12(19)4-6-13/h3-10,16,18,20,22-23H,2,11H2,1H3,(H,21,24). The zero-order valence-electron chi connectivity index (χ0n) is 15.1. The maximum absolute atomic E-state index is 12.8. The van der Waals surface area contributed by atoms with Crippen LogP contribution >= 0.6 is 11.6 Å². The molecule has 1 aliphatic heterocycles. The number of hydrogen-bond acceptors (Lipinski definition) is 6. The minimum Gasteiger partial charge on any atom is -0.494 e. The largest absolute Gasteiger partial charge is 0.494 e. The molecule has 0 aliphatic carbocycles. The first-order valence-electron chi connectivity index (χ1n) is 8.68. The molecule has 4 N–H and O–H groups in total. The summed E-state index contributed by atoms with van der Waals surface area (Å²) in [6, 6.07) is 13.1. The third kappa shape index (κ3) is 4.93. The van der Waals surface area contributed by atoms with Crippen LogP contribution in [-0.2, 0) is 14.8 Å². The summed E-state index contributed by atoms with van der Waals surface area (Å²) in [5.41, 5.74) is 6.33. The summed E-state index contributed by atoms with van der Waals surface area (Å²) in [6.07, 6.45) is 0. The van der Waals surface area contributed by atoms with Gasteiger partial charge in [-0.2, -0.15) is 0 Å². The zero-order chi connectivity index (χ0) is 20.1. The fraction of sp³-hybridized carbons (Fsp3) is 0.278. The number of sulfonamides is 1. The van der Waals surface area contributed by atoms with Crippen molar-refractivity contribution in [1.82, 2.24) is 10.9 Å². The van der Waals surface area contributed by atoms with E-state index in [1.54, 1.807) is 48.5 Å². The van der Waals surface area contributed by atoms with Gasteiger partial charge in [-0.05, 0) is 55.5 Å². The molecule has 28 heavy (non-hydrogen) atoms. The Bertz CT molecular complexity index is 920. The molecule has 1 heterocycles. The molecular weight excluding hydrogens is 404 g/mol. The Morgan fingerprint density at radius 2 is 1.79 bits per heavy atom. The second-order valence-corrected chi connectivity index (χ2v) is 8.39. The van der Waals surface area contributed by atoms with Gasteiger partial charge < -0.3 is 10.1 Å². The lowest BCUT2D eigenvalue weighted by atomic mass is 10.1. The van der Waals surface area contributed by atoms with Gasteiger partial charge in [0.25, 0.3) is 10.0 Å². The SMILES string of the molecule is CCOc1ccc(NS(=O)(=O)C2NNCC2C(=O)Nc2ccc(Cl)cc2)cc1. The van der Waals surface area contributed by atoms with Gasteiger partial charge in [-0.25, -0.2) is 13.8 Å². The topological polar surface area (TPSA) is 109 Å². The number of anilines is 2. The van der Waals surface area contributed by atoms with Crippen LogP contribution in [0.4, 0.5) is 11.4 Å². The first-order valence-corrected chi connectivity index (χ1v) is 10.6. The summed E-state index contributed by atoms with van der Waals surface area (Å²) in [5.74, 6) is -0.593. The van der Waals surface area contributed by atoms with Gasteiger partial charge in [0, 0.05) is 22.9 Å². The number of amides is 1. The predicted octanol–water partition coefficient (Wildman–Crippen LogP) is 2.17. The average Bonchev–Trinajstić information content (AvgIpc) is 3.16. The second-order valence-electron chi connectivity index (χ2n) is 6.15. The fourth-order valence-electron chi connectivity index (χ4n) is 2.78. The van der Waals surface area contributed by atoms with Crippen molar-refractivity contribution in [2.75, 3.05) is 23.2 Å². The number of halogens is 1. The van der Waals surface area contributed by atoms with Gasteiger partial charge in [0.15, 0.2) is 5.37 Å². The van der Waals surface area contributed by atoms with Crippen molar-refractivity contribution in [2.45, 2.75) is 12.3 Å². The third-order valence-corrected chi connectivity index (χ3v) is 6.03. The molecule has 0 saturated carbocycles. The predicted molar refractivity (Wildman–Crippen MR) is 109 cm³/mol. The van der Waals surface area contributed by atoms with Crippen molar-refractivity contribution in [2.24, 2.45) is 5.92 Å². The van der Waals surface area contributed by atoms with Crippen LogP contribution in [0.2, 0.25) is 5.02 Å². The summed E-state index contributed by atoms with van der Waals surface area (Å²) < 4.78 is 33.4. The number of hydrazine groups is 1. The third-order valence-electron chi connectivity index (χ3n) is 4.14. The monoisotopic (exact) mass is 424 g/mol. The molecule has 3 rings (SSSR count). The highest BCUT2D eigenvalue weighted by Crippen LogP contribution is 2.22. The molecule has 10 heteroatoms. The van der Waals surface area contributed by atoms with E-state index >= 15 is 0 Å². The van der Waals surface area contributed by atoms with Crippen molar-refractivity contribution >= 4 is 38.9 Å². The summed E-state index contributed by atoms with van der Waals surface area (Å²) in [7, 11) is -3.88. The number of carbonyl (C=O) groups excluding carboxylic acids is 1. The molecule has 8 nitrogen and oxygen atoms in total. The highest BCUT2D eigenvalue weighted by atomic mass is 35.5. The summed E-state index contributed by atoms with van der Waals surface area (Å²) in [5, 5.41) is 2.12. The Morgan fingerprint density at radius 3 is 2.43 bits per heavy atom. The van der Waals surface area contributed by atoms with Crippen LogP contribution in [0.5, 0.6) is 5.75 Å². The van der Waals surface area contributed by atoms with Crippen molar-refractivity contribution in [3.8, 4) is 5.75 Å². The smallest absolute Gasteiger partial charge is 0.250 e. The molecule has 2 unspecified atom stereocenters. The Hall–Kier alpha value is -2.33. The van der Waals surface area contributed by atoms with Crippen molar-refractivity contribution in [3.05, 3.63) is 53.6 Å². The Labute approximate surface area is 168 Å². The first kappa shape index (κ1) is 20.4. The fourth-order valence-corrected chi connectivity index (χ4v) is 4.39. The second kappa shape index (κ2) is 8.78. The van der Waals surface area contributed by atoms with Crippen LogP contribution < -0.4 is 25.6 Å². The lowest BCUT2D eigenvalue weighted by molar-refractivity contribution is -0.119. The highest BCUT2D eigenvalue weighted by molar-refractivity contribution is 7.93. The summed E-state index contributed by atoms with van der Waals surface area (Å²) in [6.45, 7) is 2.56. The molecule has 2 atom stereocenters. The van der Waals surface area contributed by atoms with E-state index in [1.807, 2.05) is 6.92 Å². The molecule has 0 spiro atoms. The van der Waals surface area contributed by atoms with Gasteiger partial charge in [-0.15, -0.1) is 0 Å². The van der Waals surface area contributed by atoms with Gasteiger partial charge in [0.05, 0.1) is 12.5 Å². The maximum Gasteiger partial charge on any atom is 0.250 e. The van der Waals surface area contributed by atoms with E-state index in [2.05, 4.69) is 20.9 Å². The average molecular weight is 425 g/mol. The molecule has 0 aromatic heterocycles. The van der Waals surface area contributed by atoms with Crippen LogP contribution in [0.15, 0.2) is 48.5 Å². The molecule has 2 aromatic carbocycles. The number of benzene rings is 2. The number of carbonyl (C=O) groups is 1. The van der Waals surface area contributed by atoms with Gasteiger partial charge in [-0.3, -0.25) is 14.9 Å². The molecule has 0 bridgehead atoms. The number of rotatable bonds is 7. The number of hydrogen-bond donors (Lipinski definition) is 4. The minimum atomic E-state index is -3.88. The van der Waals surface area contributed by atoms with Crippen LogP contribution in [0.3, 0.4) is 0 Å². The van der Waals surface area contributed by atoms with Gasteiger partial charge in [0.1, 0.15) is 5.75 Å². The molecule has 1 aliphatic rings. The minimum absolute atomic E-state index is 0.175. The number of ether oxygens (including phenoxy) is 1. The lowest BCUT2D eigenvalue weighted by Gasteiger charge is -2.19. The van der Waals surface area contributed by atoms with Crippen LogP contribution in [0.1, 0.15) is 6.92 Å². The van der Waals surface area contributed by atoms with Crippen molar-refractivity contribution < 1.29 is 17.9 Å². The molecule has 1 fully saturated rings. The first-order chi connectivity index (χ1) is 13.4. The normalized spacial score (nSPS) is 19.2. The van der Waals surface area contributed by atoms with Crippen LogP contribution in [-0.4, -0.2) is 32.9 Å². The molecule has 2 aromatic rings. The molecular formula is C18H21ClN4O4S. The van der Waals surface area contributed by atoms with Gasteiger partial charge in [0.2, 0.25) is 5.91 Å². The molecule has 0 radical (unpaired) electrons. The van der Waals surface area contributed by atoms with E-state index in [4.69, 9.17) is 16.3 Å². The lowest BCUT2D eigenvalue weighted by Crippen LogP contribution is -2.45. The van der Waals surface area contributed by atoms with E-state index in [-0.39, 0.29) is 6.54 Å². The Balaban J connectivity index is 1.69. The Kier molecular flexibility index (Phi) is 6.40. The summed E-state index contributed by atoms with van der Waals surface area (Å²) >= 11 is 5.83. The highest BCUT2D eigenvalue weighted by Gasteiger charge is 2.41. The quantitative estimate of drug-likeness (QED) is 0.542. The molecule has 150 valence electrons. The summed E-state index contributed by atoms with van der Waals surface area (Å²) in [4.78, 5) is 12.6. The molecule has 1 amide bonds. The number of nitrogens with one attached hydrogen (secondary N) is 4. The zero-order valence-corrected chi connectivity index (χ0v) is 16.7. The van der Waals surface area contributed by atoms with E-state index in [9.17, 15) is 13.2 Å². The van der Waals surface area contributed by atoms with Crippen LogP contribution in [0.25, 0.3) is 0 Å². The molecule has 1 saturated heterocycles. The van der Waals surface area contributed by atoms with Crippen molar-refractivity contribution in [1.29, 1.82) is 0 Å². The van der Waals surface area contributed by atoms with Crippen molar-refractivity contribution in [3.63, 3.8) is 0 Å². The van der Waals surface area contributed by atoms with Gasteiger partial charge >= 0.3 is 0 Å². The maximum atomic E-state index is 12.8. The van der Waals surface area contributed by atoms with E-state index < -0.39 is 27.2 Å². The van der Waals surface area contributed by atoms with Gasteiger partial charge in [-0.1, -0.05) is 11.6 Å². The Morgan fingerprint density at radius 1 is 1.14 bits per heavy atom. The van der Waals surface area contributed by atoms with E-state index in [0.29, 0.717) is 28.8 Å².